The average molecular weight is 385 g/mol. The van der Waals surface area contributed by atoms with Gasteiger partial charge in [0.15, 0.2) is 5.65 Å². The molecule has 1 aliphatic carbocycles. The number of fused-ring (bicyclic) bond motifs is 1. The van der Waals surface area contributed by atoms with Crippen LogP contribution < -0.4 is 5.14 Å². The third kappa shape index (κ3) is 3.86. The Bertz CT molecular complexity index is 884. The summed E-state index contributed by atoms with van der Waals surface area (Å²) in [6, 6.07) is -0.508. The van der Waals surface area contributed by atoms with E-state index in [1.54, 1.807) is 10.9 Å². The molecular weight excluding hydrogens is 362 g/mol. The van der Waals surface area contributed by atoms with E-state index in [1.807, 2.05) is 0 Å². The smallest absolute Gasteiger partial charge is 0.333 e. The summed E-state index contributed by atoms with van der Waals surface area (Å²) < 4.78 is 28.2. The summed E-state index contributed by atoms with van der Waals surface area (Å²) in [6.45, 7) is 3.87. The number of nitrogens with zero attached hydrogens (tertiary/aromatic N) is 4. The Labute approximate surface area is 151 Å². The summed E-state index contributed by atoms with van der Waals surface area (Å²) in [7, 11) is -4.11. The molecule has 0 amide bonds. The number of aromatic nitrogens is 4. The van der Waals surface area contributed by atoms with Crippen LogP contribution in [0.1, 0.15) is 32.0 Å². The van der Waals surface area contributed by atoms with E-state index in [0.29, 0.717) is 23.5 Å². The number of hydrogen-bond donors (Lipinski definition) is 3. The van der Waals surface area contributed by atoms with Crippen LogP contribution in [0, 0.1) is 11.8 Å². The number of nitrogens with two attached hydrogens (primary N) is 1. The molecule has 1 saturated carbocycles. The van der Waals surface area contributed by atoms with E-state index in [1.165, 1.54) is 6.33 Å². The van der Waals surface area contributed by atoms with Crippen LogP contribution in [-0.4, -0.2) is 57.0 Å². The SMILES string of the molecule is CC(C)Cc1ncnc2c1ncn2[C@@H]1CC(COS(N)(=O)=O)[C@@H](O)[C@H]1O. The molecule has 10 nitrogen and oxygen atoms in total. The molecule has 26 heavy (non-hydrogen) atoms. The van der Waals surface area contributed by atoms with Gasteiger partial charge in [0.25, 0.3) is 0 Å². The topological polar surface area (TPSA) is 153 Å². The minimum atomic E-state index is -4.11. The molecule has 4 N–H and O–H groups in total. The van der Waals surface area contributed by atoms with Gasteiger partial charge in [0.05, 0.1) is 30.8 Å². The summed E-state index contributed by atoms with van der Waals surface area (Å²) in [5.41, 5.74) is 2.05. The van der Waals surface area contributed by atoms with Crippen LogP contribution >= 0.6 is 0 Å². The van der Waals surface area contributed by atoms with Crippen LogP contribution in [0.25, 0.3) is 11.2 Å². The first-order chi connectivity index (χ1) is 12.2. The lowest BCUT2D eigenvalue weighted by Crippen LogP contribution is -2.31. The number of aliphatic hydroxyl groups is 2. The molecule has 1 aliphatic rings. The van der Waals surface area contributed by atoms with Gasteiger partial charge >= 0.3 is 10.3 Å². The van der Waals surface area contributed by atoms with Crippen molar-refractivity contribution in [1.29, 1.82) is 0 Å². The Balaban J connectivity index is 1.87. The fraction of sp³-hybridized carbons (Fsp3) is 0.667. The van der Waals surface area contributed by atoms with E-state index < -0.39 is 34.5 Å². The van der Waals surface area contributed by atoms with Crippen molar-refractivity contribution in [3.8, 4) is 0 Å². The Morgan fingerprint density at radius 1 is 1.31 bits per heavy atom. The Morgan fingerprint density at radius 3 is 2.69 bits per heavy atom. The molecule has 3 rings (SSSR count). The van der Waals surface area contributed by atoms with Gasteiger partial charge < -0.3 is 14.8 Å². The molecule has 144 valence electrons. The van der Waals surface area contributed by atoms with E-state index in [4.69, 9.17) is 5.14 Å². The highest BCUT2D eigenvalue weighted by atomic mass is 32.2. The normalized spacial score (nSPS) is 26.8. The lowest BCUT2D eigenvalue weighted by Gasteiger charge is -2.18. The van der Waals surface area contributed by atoms with Crippen molar-refractivity contribution in [2.45, 2.75) is 44.9 Å². The fourth-order valence-electron chi connectivity index (χ4n) is 3.40. The molecule has 0 bridgehead atoms. The van der Waals surface area contributed by atoms with E-state index in [-0.39, 0.29) is 6.61 Å². The maximum absolute atomic E-state index is 11.0. The van der Waals surface area contributed by atoms with Crippen molar-refractivity contribution in [3.05, 3.63) is 18.3 Å². The first kappa shape index (κ1) is 19.1. The minimum absolute atomic E-state index is 0.298. The van der Waals surface area contributed by atoms with Crippen molar-refractivity contribution >= 4 is 21.5 Å². The zero-order valence-corrected chi connectivity index (χ0v) is 15.4. The van der Waals surface area contributed by atoms with Crippen LogP contribution in [0.4, 0.5) is 0 Å². The fourth-order valence-corrected chi connectivity index (χ4v) is 3.77. The van der Waals surface area contributed by atoms with Crippen molar-refractivity contribution in [2.24, 2.45) is 17.0 Å². The van der Waals surface area contributed by atoms with Crippen LogP contribution in [0.2, 0.25) is 0 Å². The maximum atomic E-state index is 11.0. The van der Waals surface area contributed by atoms with Gasteiger partial charge in [-0.05, 0) is 18.8 Å². The molecule has 2 aromatic heterocycles. The highest BCUT2D eigenvalue weighted by molar-refractivity contribution is 7.84. The molecule has 2 heterocycles. The van der Waals surface area contributed by atoms with Gasteiger partial charge in [-0.2, -0.15) is 8.42 Å². The standard InChI is InChI=1S/C15H23N5O5S/c1-8(2)3-10-12-15(18-6-17-10)20(7-19-12)11-4-9(13(21)14(11)22)5-25-26(16,23)24/h6-9,11,13-14,21-22H,3-5H2,1-2H3,(H2,16,23,24)/t9?,11-,13-,14+/m1/s1. The van der Waals surface area contributed by atoms with E-state index in [2.05, 4.69) is 33.0 Å². The summed E-state index contributed by atoms with van der Waals surface area (Å²) in [6.07, 6.45) is 1.81. The predicted octanol–water partition coefficient (Wildman–Crippen LogP) is -0.472. The summed E-state index contributed by atoms with van der Waals surface area (Å²) in [5.74, 6) is -0.181. The van der Waals surface area contributed by atoms with E-state index in [0.717, 1.165) is 12.1 Å². The van der Waals surface area contributed by atoms with Crippen molar-refractivity contribution < 1.29 is 22.8 Å². The molecule has 11 heteroatoms. The molecule has 0 aliphatic heterocycles. The van der Waals surface area contributed by atoms with Gasteiger partial charge in [-0.1, -0.05) is 13.8 Å². The molecule has 4 atom stereocenters. The molecule has 2 aromatic rings. The van der Waals surface area contributed by atoms with E-state index in [9.17, 15) is 18.6 Å². The van der Waals surface area contributed by atoms with Gasteiger partial charge in [0.1, 0.15) is 17.9 Å². The lowest BCUT2D eigenvalue weighted by molar-refractivity contribution is -0.000990. The minimum Gasteiger partial charge on any atom is -0.390 e. The molecule has 0 spiro atoms. The first-order valence-electron chi connectivity index (χ1n) is 8.37. The van der Waals surface area contributed by atoms with Crippen LogP contribution in [0.5, 0.6) is 0 Å². The third-order valence-electron chi connectivity index (χ3n) is 4.61. The van der Waals surface area contributed by atoms with Gasteiger partial charge in [-0.15, -0.1) is 0 Å². The maximum Gasteiger partial charge on any atom is 0.333 e. The van der Waals surface area contributed by atoms with Gasteiger partial charge in [-0.25, -0.2) is 20.1 Å². The summed E-state index contributed by atoms with van der Waals surface area (Å²) in [5, 5.41) is 25.5. The first-order valence-corrected chi connectivity index (χ1v) is 9.84. The van der Waals surface area contributed by atoms with Crippen LogP contribution in [-0.2, 0) is 20.9 Å². The number of imidazole rings is 1. The van der Waals surface area contributed by atoms with Crippen molar-refractivity contribution in [3.63, 3.8) is 0 Å². The molecule has 0 aromatic carbocycles. The largest absolute Gasteiger partial charge is 0.390 e. The van der Waals surface area contributed by atoms with Crippen LogP contribution in [0.15, 0.2) is 12.7 Å². The van der Waals surface area contributed by atoms with Gasteiger partial charge in [0, 0.05) is 5.92 Å². The Hall–Kier alpha value is -1.66. The Morgan fingerprint density at radius 2 is 2.04 bits per heavy atom. The van der Waals surface area contributed by atoms with Gasteiger partial charge in [-0.3, -0.25) is 4.18 Å². The lowest BCUT2D eigenvalue weighted by atomic mass is 10.1. The average Bonchev–Trinajstić information content (AvgIpc) is 3.08. The second-order valence-corrected chi connectivity index (χ2v) is 8.29. The summed E-state index contributed by atoms with van der Waals surface area (Å²) >= 11 is 0. The van der Waals surface area contributed by atoms with Crippen LogP contribution in [0.3, 0.4) is 0 Å². The second-order valence-electron chi connectivity index (χ2n) is 7.06. The zero-order valence-electron chi connectivity index (χ0n) is 14.6. The summed E-state index contributed by atoms with van der Waals surface area (Å²) in [4.78, 5) is 13.0. The molecule has 0 saturated heterocycles. The third-order valence-corrected chi connectivity index (χ3v) is 5.08. The monoisotopic (exact) mass is 385 g/mol. The number of hydrogen-bond acceptors (Lipinski definition) is 8. The second kappa shape index (κ2) is 7.16. The number of aliphatic hydroxyl groups excluding tert-OH is 2. The highest BCUT2D eigenvalue weighted by Crippen LogP contribution is 2.37. The molecular formula is C15H23N5O5S. The predicted molar refractivity (Wildman–Crippen MR) is 92.1 cm³/mol. The Kier molecular flexibility index (Phi) is 5.26. The zero-order chi connectivity index (χ0) is 19.1. The van der Waals surface area contributed by atoms with E-state index >= 15 is 0 Å². The molecule has 1 fully saturated rings. The van der Waals surface area contributed by atoms with Crippen molar-refractivity contribution in [1.82, 2.24) is 19.5 Å². The van der Waals surface area contributed by atoms with Gasteiger partial charge in [0.2, 0.25) is 0 Å². The quantitative estimate of drug-likeness (QED) is 0.603. The highest BCUT2D eigenvalue weighted by Gasteiger charge is 2.43. The molecule has 0 radical (unpaired) electrons. The van der Waals surface area contributed by atoms with Crippen molar-refractivity contribution in [2.75, 3.05) is 6.61 Å². The molecule has 1 unspecified atom stereocenters. The number of rotatable bonds is 6.